The second-order valence-corrected chi connectivity index (χ2v) is 9.84. The van der Waals surface area contributed by atoms with E-state index in [0.717, 1.165) is 10.4 Å². The van der Waals surface area contributed by atoms with Crippen molar-refractivity contribution in [2.75, 3.05) is 18.1 Å². The molecule has 0 saturated carbocycles. The van der Waals surface area contributed by atoms with Crippen LogP contribution in [0.3, 0.4) is 0 Å². The molecule has 1 atom stereocenters. The first-order chi connectivity index (χ1) is 9.67. The summed E-state index contributed by atoms with van der Waals surface area (Å²) in [4.78, 5) is -0.433. The lowest BCUT2D eigenvalue weighted by molar-refractivity contribution is 0.352. The lowest BCUT2D eigenvalue weighted by Crippen LogP contribution is -2.41. The van der Waals surface area contributed by atoms with Gasteiger partial charge in [0.05, 0.1) is 11.5 Å². The third kappa shape index (κ3) is 3.46. The zero-order chi connectivity index (χ0) is 15.8. The molecule has 2 rings (SSSR count). The number of benzene rings is 1. The van der Waals surface area contributed by atoms with Crippen molar-refractivity contribution in [2.24, 2.45) is 0 Å². The van der Waals surface area contributed by atoms with Gasteiger partial charge in [0.25, 0.3) is 0 Å². The van der Waals surface area contributed by atoms with Gasteiger partial charge in [-0.05, 0) is 24.6 Å². The third-order valence-corrected chi connectivity index (χ3v) is 7.71. The predicted molar refractivity (Wildman–Crippen MR) is 80.7 cm³/mol. The topological polar surface area (TPSA) is 71.5 Å². The number of hydrogen-bond acceptors (Lipinski definition) is 4. The molecule has 118 valence electrons. The van der Waals surface area contributed by atoms with Crippen LogP contribution < -0.4 is 0 Å². The van der Waals surface area contributed by atoms with E-state index < -0.39 is 36.6 Å². The molecule has 1 unspecified atom stereocenters. The highest BCUT2D eigenvalue weighted by atomic mass is 79.9. The largest absolute Gasteiger partial charge is 0.246 e. The van der Waals surface area contributed by atoms with Crippen LogP contribution in [0.1, 0.15) is 13.3 Å². The van der Waals surface area contributed by atoms with Crippen LogP contribution in [0.25, 0.3) is 0 Å². The van der Waals surface area contributed by atoms with Gasteiger partial charge in [0, 0.05) is 17.1 Å². The first-order valence-electron chi connectivity index (χ1n) is 6.34. The molecule has 1 aliphatic heterocycles. The molecule has 1 aromatic rings. The van der Waals surface area contributed by atoms with Crippen LogP contribution in [-0.2, 0) is 19.9 Å². The van der Waals surface area contributed by atoms with E-state index >= 15 is 0 Å². The molecule has 5 nitrogen and oxygen atoms in total. The van der Waals surface area contributed by atoms with Crippen molar-refractivity contribution < 1.29 is 21.2 Å². The van der Waals surface area contributed by atoms with Crippen molar-refractivity contribution in [3.05, 3.63) is 28.5 Å². The summed E-state index contributed by atoms with van der Waals surface area (Å²) in [6.45, 7) is 1.71. The van der Waals surface area contributed by atoms with Crippen molar-refractivity contribution >= 4 is 35.8 Å². The Hall–Kier alpha value is -0.510. The molecular formula is C12H15BrFNO4S2. The van der Waals surface area contributed by atoms with E-state index in [1.54, 1.807) is 6.92 Å². The molecule has 1 heterocycles. The van der Waals surface area contributed by atoms with Crippen molar-refractivity contribution in [3.8, 4) is 0 Å². The summed E-state index contributed by atoms with van der Waals surface area (Å²) in [7, 11) is -7.28. The van der Waals surface area contributed by atoms with Gasteiger partial charge in [0.1, 0.15) is 10.7 Å². The summed E-state index contributed by atoms with van der Waals surface area (Å²) in [5.41, 5.74) is 0. The van der Waals surface area contributed by atoms with Crippen LogP contribution in [0.15, 0.2) is 27.6 Å². The van der Waals surface area contributed by atoms with E-state index in [1.165, 1.54) is 12.1 Å². The fourth-order valence-corrected chi connectivity index (χ4v) is 6.31. The Morgan fingerprint density at radius 3 is 2.57 bits per heavy atom. The number of sulfone groups is 1. The number of hydrogen-bond donors (Lipinski definition) is 0. The Morgan fingerprint density at radius 2 is 2.10 bits per heavy atom. The first kappa shape index (κ1) is 16.9. The van der Waals surface area contributed by atoms with Gasteiger partial charge in [-0.15, -0.1) is 0 Å². The number of sulfonamides is 1. The average Bonchev–Trinajstić information content (AvgIpc) is 2.69. The van der Waals surface area contributed by atoms with Crippen LogP contribution in [0.4, 0.5) is 4.39 Å². The Bertz CT molecular complexity index is 749. The number of halogens is 2. The smallest absolute Gasteiger partial charge is 0.229 e. The van der Waals surface area contributed by atoms with Gasteiger partial charge in [0.15, 0.2) is 9.84 Å². The third-order valence-electron chi connectivity index (χ3n) is 3.41. The zero-order valence-corrected chi connectivity index (χ0v) is 14.5. The number of nitrogens with zero attached hydrogens (tertiary/aromatic N) is 1. The molecule has 1 fully saturated rings. The van der Waals surface area contributed by atoms with Gasteiger partial charge < -0.3 is 0 Å². The summed E-state index contributed by atoms with van der Waals surface area (Å²) in [6.07, 6.45) is 0.244. The summed E-state index contributed by atoms with van der Waals surface area (Å²) in [5.74, 6) is -1.10. The molecule has 1 saturated heterocycles. The van der Waals surface area contributed by atoms with Gasteiger partial charge >= 0.3 is 0 Å². The second kappa shape index (κ2) is 5.94. The highest BCUT2D eigenvalue weighted by molar-refractivity contribution is 9.10. The summed E-state index contributed by atoms with van der Waals surface area (Å²) < 4.78 is 63.6. The Labute approximate surface area is 132 Å². The van der Waals surface area contributed by atoms with E-state index in [9.17, 15) is 21.2 Å². The van der Waals surface area contributed by atoms with Crippen molar-refractivity contribution in [1.29, 1.82) is 0 Å². The highest BCUT2D eigenvalue weighted by Crippen LogP contribution is 2.27. The van der Waals surface area contributed by atoms with Crippen LogP contribution in [-0.4, -0.2) is 45.2 Å². The number of rotatable bonds is 4. The quantitative estimate of drug-likeness (QED) is 0.773. The molecule has 0 radical (unpaired) electrons. The average molecular weight is 400 g/mol. The monoisotopic (exact) mass is 399 g/mol. The first-order valence-corrected chi connectivity index (χ1v) is 10.4. The lowest BCUT2D eigenvalue weighted by Gasteiger charge is -2.26. The Morgan fingerprint density at radius 1 is 1.43 bits per heavy atom. The second-order valence-electron chi connectivity index (χ2n) is 4.84. The summed E-state index contributed by atoms with van der Waals surface area (Å²) in [5, 5.41) is 0. The van der Waals surface area contributed by atoms with Gasteiger partial charge in [0.2, 0.25) is 10.0 Å². The van der Waals surface area contributed by atoms with E-state index in [0.29, 0.717) is 4.47 Å². The Balaban J connectivity index is 2.41. The van der Waals surface area contributed by atoms with Crippen LogP contribution in [0.5, 0.6) is 0 Å². The summed E-state index contributed by atoms with van der Waals surface area (Å²) >= 11 is 3.07. The maximum absolute atomic E-state index is 13.9. The molecule has 0 N–H and O–H groups in total. The van der Waals surface area contributed by atoms with Gasteiger partial charge in [-0.2, -0.15) is 4.31 Å². The van der Waals surface area contributed by atoms with Gasteiger partial charge in [-0.3, -0.25) is 0 Å². The fourth-order valence-electron chi connectivity index (χ4n) is 2.44. The highest BCUT2D eigenvalue weighted by Gasteiger charge is 2.38. The minimum atomic E-state index is -4.06. The minimum absolute atomic E-state index is 0.0352. The molecule has 0 aromatic heterocycles. The minimum Gasteiger partial charge on any atom is -0.229 e. The van der Waals surface area contributed by atoms with E-state index in [4.69, 9.17) is 0 Å². The molecule has 0 amide bonds. The SMILES string of the molecule is CCN(C1CCS(=O)(=O)C1)S(=O)(=O)c1ccc(Br)cc1F. The normalized spacial score (nSPS) is 21.8. The molecule has 0 bridgehead atoms. The predicted octanol–water partition coefficient (Wildman–Crippen LogP) is 1.79. The molecule has 9 heteroatoms. The Kier molecular flexibility index (Phi) is 4.77. The van der Waals surface area contributed by atoms with Gasteiger partial charge in [-0.1, -0.05) is 22.9 Å². The van der Waals surface area contributed by atoms with Crippen LogP contribution in [0.2, 0.25) is 0 Å². The van der Waals surface area contributed by atoms with Gasteiger partial charge in [-0.25, -0.2) is 21.2 Å². The van der Waals surface area contributed by atoms with Crippen LogP contribution in [0, 0.1) is 5.82 Å². The van der Waals surface area contributed by atoms with Crippen LogP contribution >= 0.6 is 15.9 Å². The van der Waals surface area contributed by atoms with E-state index in [2.05, 4.69) is 15.9 Å². The van der Waals surface area contributed by atoms with E-state index in [-0.39, 0.29) is 24.5 Å². The fraction of sp³-hybridized carbons (Fsp3) is 0.500. The molecule has 1 aromatic carbocycles. The summed E-state index contributed by atoms with van der Waals surface area (Å²) in [6, 6.07) is 3.07. The molecule has 0 aliphatic carbocycles. The standard InChI is InChI=1S/C12H15BrFNO4S2/c1-2-15(10-5-6-20(16,17)8-10)21(18,19)12-4-3-9(13)7-11(12)14/h3-4,7,10H,2,5-6,8H2,1H3. The molecular weight excluding hydrogens is 385 g/mol. The maximum Gasteiger partial charge on any atom is 0.246 e. The maximum atomic E-state index is 13.9. The lowest BCUT2D eigenvalue weighted by atomic mass is 10.3. The molecule has 0 spiro atoms. The van der Waals surface area contributed by atoms with Crippen molar-refractivity contribution in [2.45, 2.75) is 24.3 Å². The van der Waals surface area contributed by atoms with Crippen molar-refractivity contribution in [3.63, 3.8) is 0 Å². The molecule has 21 heavy (non-hydrogen) atoms. The van der Waals surface area contributed by atoms with E-state index in [1.807, 2.05) is 0 Å². The zero-order valence-electron chi connectivity index (χ0n) is 11.3. The van der Waals surface area contributed by atoms with Crippen molar-refractivity contribution in [1.82, 2.24) is 4.31 Å². The molecule has 1 aliphatic rings.